The molecule has 2 aromatic rings. The van der Waals surface area contributed by atoms with Gasteiger partial charge in [-0.25, -0.2) is 0 Å². The number of rotatable bonds is 6. The highest BCUT2D eigenvalue weighted by Crippen LogP contribution is 2.19. The van der Waals surface area contributed by atoms with Gasteiger partial charge in [-0.3, -0.25) is 4.68 Å². The van der Waals surface area contributed by atoms with Crippen LogP contribution in [0.2, 0.25) is 0 Å². The SMILES string of the molecule is CCn1cc(-c2cc(CNCC(C)C)no2)cn1. The maximum absolute atomic E-state index is 5.32. The fourth-order valence-corrected chi connectivity index (χ4v) is 1.68. The zero-order valence-corrected chi connectivity index (χ0v) is 11.2. The van der Waals surface area contributed by atoms with E-state index in [1.807, 2.05) is 16.9 Å². The van der Waals surface area contributed by atoms with Crippen LogP contribution in [0.25, 0.3) is 11.3 Å². The molecule has 0 unspecified atom stereocenters. The van der Waals surface area contributed by atoms with E-state index in [1.165, 1.54) is 0 Å². The van der Waals surface area contributed by atoms with Crippen molar-refractivity contribution >= 4 is 0 Å². The zero-order chi connectivity index (χ0) is 13.0. The van der Waals surface area contributed by atoms with Gasteiger partial charge in [0.1, 0.15) is 0 Å². The third-order valence-corrected chi connectivity index (χ3v) is 2.66. The van der Waals surface area contributed by atoms with Crippen LogP contribution in [0.4, 0.5) is 0 Å². The maximum atomic E-state index is 5.32. The molecule has 2 aromatic heterocycles. The van der Waals surface area contributed by atoms with Crippen molar-refractivity contribution in [3.05, 3.63) is 24.2 Å². The molecular weight excluding hydrogens is 228 g/mol. The number of aryl methyl sites for hydroxylation is 1. The molecule has 98 valence electrons. The van der Waals surface area contributed by atoms with E-state index in [2.05, 4.69) is 36.3 Å². The molecule has 0 aliphatic heterocycles. The largest absolute Gasteiger partial charge is 0.356 e. The van der Waals surface area contributed by atoms with Crippen molar-refractivity contribution in [2.75, 3.05) is 6.54 Å². The van der Waals surface area contributed by atoms with E-state index in [4.69, 9.17) is 4.52 Å². The van der Waals surface area contributed by atoms with Crippen LogP contribution in [0.1, 0.15) is 26.5 Å². The predicted molar refractivity (Wildman–Crippen MR) is 69.9 cm³/mol. The summed E-state index contributed by atoms with van der Waals surface area (Å²) < 4.78 is 7.19. The average molecular weight is 248 g/mol. The molecule has 0 aromatic carbocycles. The van der Waals surface area contributed by atoms with Gasteiger partial charge in [0.2, 0.25) is 0 Å². The molecule has 5 heteroatoms. The molecule has 0 radical (unpaired) electrons. The van der Waals surface area contributed by atoms with Gasteiger partial charge in [-0.15, -0.1) is 0 Å². The maximum Gasteiger partial charge on any atom is 0.170 e. The lowest BCUT2D eigenvalue weighted by molar-refractivity contribution is 0.418. The highest BCUT2D eigenvalue weighted by Gasteiger charge is 2.08. The normalized spacial score (nSPS) is 11.3. The van der Waals surface area contributed by atoms with Crippen molar-refractivity contribution in [1.82, 2.24) is 20.3 Å². The Bertz CT molecular complexity index is 487. The minimum atomic E-state index is 0.638. The van der Waals surface area contributed by atoms with Crippen LogP contribution in [0.15, 0.2) is 23.0 Å². The predicted octanol–water partition coefficient (Wildman–Crippen LogP) is 2.30. The van der Waals surface area contributed by atoms with Crippen LogP contribution in [0.3, 0.4) is 0 Å². The second-order valence-corrected chi connectivity index (χ2v) is 4.79. The van der Waals surface area contributed by atoms with Gasteiger partial charge < -0.3 is 9.84 Å². The summed E-state index contributed by atoms with van der Waals surface area (Å²) in [6.45, 7) is 9.00. The molecular formula is C13H20N4O. The number of hydrogen-bond donors (Lipinski definition) is 1. The molecule has 0 bridgehead atoms. The number of hydrogen-bond acceptors (Lipinski definition) is 4. The molecule has 0 saturated heterocycles. The minimum absolute atomic E-state index is 0.638. The van der Waals surface area contributed by atoms with Crippen molar-refractivity contribution in [3.8, 4) is 11.3 Å². The Labute approximate surface area is 107 Å². The van der Waals surface area contributed by atoms with Crippen molar-refractivity contribution in [1.29, 1.82) is 0 Å². The second kappa shape index (κ2) is 5.82. The molecule has 1 N–H and O–H groups in total. The van der Waals surface area contributed by atoms with Crippen LogP contribution in [0.5, 0.6) is 0 Å². The van der Waals surface area contributed by atoms with Crippen molar-refractivity contribution in [3.63, 3.8) is 0 Å². The molecule has 18 heavy (non-hydrogen) atoms. The summed E-state index contributed by atoms with van der Waals surface area (Å²) in [5, 5.41) is 11.6. The number of nitrogens with zero attached hydrogens (tertiary/aromatic N) is 3. The molecule has 0 amide bonds. The van der Waals surface area contributed by atoms with Crippen LogP contribution in [-0.2, 0) is 13.1 Å². The summed E-state index contributed by atoms with van der Waals surface area (Å²) in [6, 6.07) is 1.96. The van der Waals surface area contributed by atoms with Gasteiger partial charge in [0, 0.05) is 25.4 Å². The van der Waals surface area contributed by atoms with Gasteiger partial charge in [0.15, 0.2) is 5.76 Å². The van der Waals surface area contributed by atoms with Crippen LogP contribution >= 0.6 is 0 Å². The monoisotopic (exact) mass is 248 g/mol. The van der Waals surface area contributed by atoms with Crippen molar-refractivity contribution in [2.24, 2.45) is 5.92 Å². The number of nitrogens with one attached hydrogen (secondary N) is 1. The van der Waals surface area contributed by atoms with E-state index < -0.39 is 0 Å². The molecule has 0 aliphatic rings. The Morgan fingerprint density at radius 3 is 2.94 bits per heavy atom. The van der Waals surface area contributed by atoms with E-state index in [9.17, 15) is 0 Å². The first kappa shape index (κ1) is 12.8. The molecule has 2 rings (SSSR count). The first-order chi connectivity index (χ1) is 8.69. The third kappa shape index (κ3) is 3.20. The van der Waals surface area contributed by atoms with Gasteiger partial charge in [-0.05, 0) is 19.4 Å². The van der Waals surface area contributed by atoms with E-state index in [0.29, 0.717) is 5.92 Å². The lowest BCUT2D eigenvalue weighted by Crippen LogP contribution is -2.18. The molecule has 0 fully saturated rings. The minimum Gasteiger partial charge on any atom is -0.356 e. The highest BCUT2D eigenvalue weighted by atomic mass is 16.5. The first-order valence-corrected chi connectivity index (χ1v) is 6.38. The van der Waals surface area contributed by atoms with Crippen LogP contribution < -0.4 is 5.32 Å². The molecule has 0 spiro atoms. The fraction of sp³-hybridized carbons (Fsp3) is 0.538. The summed E-state index contributed by atoms with van der Waals surface area (Å²) in [4.78, 5) is 0. The van der Waals surface area contributed by atoms with Gasteiger partial charge in [-0.2, -0.15) is 5.10 Å². The Morgan fingerprint density at radius 2 is 2.28 bits per heavy atom. The third-order valence-electron chi connectivity index (χ3n) is 2.66. The fourth-order valence-electron chi connectivity index (χ4n) is 1.68. The van der Waals surface area contributed by atoms with Crippen molar-refractivity contribution in [2.45, 2.75) is 33.9 Å². The molecule has 0 saturated carbocycles. The van der Waals surface area contributed by atoms with Crippen LogP contribution in [0, 0.1) is 5.92 Å². The summed E-state index contributed by atoms with van der Waals surface area (Å²) in [7, 11) is 0. The standard InChI is InChI=1S/C13H20N4O/c1-4-17-9-11(7-15-17)13-5-12(16-18-13)8-14-6-10(2)3/h5,7,9-10,14H,4,6,8H2,1-3H3. The first-order valence-electron chi connectivity index (χ1n) is 6.38. The smallest absolute Gasteiger partial charge is 0.170 e. The lowest BCUT2D eigenvalue weighted by atomic mass is 10.2. The Kier molecular flexibility index (Phi) is 4.15. The van der Waals surface area contributed by atoms with Crippen molar-refractivity contribution < 1.29 is 4.52 Å². The highest BCUT2D eigenvalue weighted by molar-refractivity contribution is 5.54. The van der Waals surface area contributed by atoms with E-state index in [0.717, 1.165) is 36.7 Å². The topological polar surface area (TPSA) is 55.9 Å². The van der Waals surface area contributed by atoms with Gasteiger partial charge in [0.25, 0.3) is 0 Å². The molecule has 2 heterocycles. The average Bonchev–Trinajstić information content (AvgIpc) is 2.95. The van der Waals surface area contributed by atoms with E-state index in [1.54, 1.807) is 6.20 Å². The molecule has 5 nitrogen and oxygen atoms in total. The quantitative estimate of drug-likeness (QED) is 0.852. The zero-order valence-electron chi connectivity index (χ0n) is 11.2. The Morgan fingerprint density at radius 1 is 1.44 bits per heavy atom. The van der Waals surface area contributed by atoms with Gasteiger partial charge in [-0.1, -0.05) is 19.0 Å². The Balaban J connectivity index is 1.97. The second-order valence-electron chi connectivity index (χ2n) is 4.79. The van der Waals surface area contributed by atoms with Gasteiger partial charge >= 0.3 is 0 Å². The van der Waals surface area contributed by atoms with E-state index in [-0.39, 0.29) is 0 Å². The summed E-state index contributed by atoms with van der Waals surface area (Å²) in [5.74, 6) is 1.41. The molecule has 0 atom stereocenters. The lowest BCUT2D eigenvalue weighted by Gasteiger charge is -2.03. The molecule has 0 aliphatic carbocycles. The Hall–Kier alpha value is -1.62. The summed E-state index contributed by atoms with van der Waals surface area (Å²) in [6.07, 6.45) is 3.77. The number of aromatic nitrogens is 3. The summed E-state index contributed by atoms with van der Waals surface area (Å²) >= 11 is 0. The van der Waals surface area contributed by atoms with Crippen LogP contribution in [-0.4, -0.2) is 21.5 Å². The summed E-state index contributed by atoms with van der Waals surface area (Å²) in [5.41, 5.74) is 1.90. The van der Waals surface area contributed by atoms with Gasteiger partial charge in [0.05, 0.1) is 17.5 Å². The van der Waals surface area contributed by atoms with E-state index >= 15 is 0 Å².